The van der Waals surface area contributed by atoms with E-state index in [0.717, 1.165) is 18.9 Å². The molecule has 0 heterocycles. The van der Waals surface area contributed by atoms with Crippen molar-refractivity contribution in [2.75, 3.05) is 19.7 Å². The number of benzene rings is 1. The Labute approximate surface area is 120 Å². The molecule has 0 bridgehead atoms. The molecule has 0 saturated carbocycles. The van der Waals surface area contributed by atoms with Crippen molar-refractivity contribution in [3.05, 3.63) is 29.3 Å². The Kier molecular flexibility index (Phi) is 7.87. The van der Waals surface area contributed by atoms with Crippen LogP contribution in [0.15, 0.2) is 24.3 Å². The molecule has 0 spiro atoms. The van der Waals surface area contributed by atoms with Crippen LogP contribution in [0.25, 0.3) is 0 Å². The average Bonchev–Trinajstić information content (AvgIpc) is 2.37. The van der Waals surface area contributed by atoms with E-state index in [-0.39, 0.29) is 6.61 Å². The lowest BCUT2D eigenvalue weighted by Crippen LogP contribution is -2.32. The van der Waals surface area contributed by atoms with E-state index in [1.54, 1.807) is 12.1 Å². The minimum Gasteiger partial charge on any atom is -0.489 e. The molecule has 4 heteroatoms. The zero-order valence-corrected chi connectivity index (χ0v) is 12.5. The largest absolute Gasteiger partial charge is 0.489 e. The van der Waals surface area contributed by atoms with Crippen molar-refractivity contribution < 1.29 is 9.84 Å². The molecule has 0 amide bonds. The third-order valence-electron chi connectivity index (χ3n) is 2.78. The van der Waals surface area contributed by atoms with Crippen molar-refractivity contribution in [1.82, 2.24) is 5.32 Å². The van der Waals surface area contributed by atoms with Crippen LogP contribution < -0.4 is 10.1 Å². The molecule has 2 N–H and O–H groups in total. The van der Waals surface area contributed by atoms with Crippen LogP contribution in [0.1, 0.15) is 26.7 Å². The van der Waals surface area contributed by atoms with Crippen molar-refractivity contribution in [2.45, 2.75) is 32.8 Å². The molecule has 0 fully saturated rings. The molecule has 3 nitrogen and oxygen atoms in total. The summed E-state index contributed by atoms with van der Waals surface area (Å²) in [6.45, 7) is 6.16. The van der Waals surface area contributed by atoms with E-state index in [4.69, 9.17) is 16.3 Å². The second kappa shape index (κ2) is 9.18. The highest BCUT2D eigenvalue weighted by atomic mass is 35.5. The van der Waals surface area contributed by atoms with Gasteiger partial charge in [-0.2, -0.15) is 0 Å². The number of hydrogen-bond acceptors (Lipinski definition) is 3. The first-order chi connectivity index (χ1) is 9.09. The molecule has 0 saturated heterocycles. The van der Waals surface area contributed by atoms with Crippen molar-refractivity contribution in [3.8, 4) is 5.75 Å². The van der Waals surface area contributed by atoms with Crippen LogP contribution in [-0.2, 0) is 0 Å². The van der Waals surface area contributed by atoms with Gasteiger partial charge in [-0.3, -0.25) is 0 Å². The minimum atomic E-state index is -0.518. The Hall–Kier alpha value is -0.770. The minimum absolute atomic E-state index is 0.251. The van der Waals surface area contributed by atoms with Crippen LogP contribution in [0.3, 0.4) is 0 Å². The standard InChI is InChI=1S/C15H24ClNO2/c1-12(2)6-5-9-17-10-13(18)11-19-15-8-4-3-7-14(15)16/h3-4,7-8,12-13,17-18H,5-6,9-11H2,1-2H3. The summed E-state index contributed by atoms with van der Waals surface area (Å²) in [6, 6.07) is 7.28. The third kappa shape index (κ3) is 7.41. The monoisotopic (exact) mass is 285 g/mol. The van der Waals surface area contributed by atoms with Gasteiger partial charge in [-0.1, -0.05) is 37.6 Å². The number of aliphatic hydroxyl groups is 1. The summed E-state index contributed by atoms with van der Waals surface area (Å²) in [5, 5.41) is 13.6. The predicted molar refractivity (Wildman–Crippen MR) is 79.9 cm³/mol. The summed E-state index contributed by atoms with van der Waals surface area (Å²) in [4.78, 5) is 0. The van der Waals surface area contributed by atoms with Gasteiger partial charge in [-0.25, -0.2) is 0 Å². The van der Waals surface area contributed by atoms with Crippen molar-refractivity contribution in [1.29, 1.82) is 0 Å². The maximum absolute atomic E-state index is 9.78. The highest BCUT2D eigenvalue weighted by molar-refractivity contribution is 6.32. The summed E-state index contributed by atoms with van der Waals surface area (Å²) < 4.78 is 5.47. The second-order valence-electron chi connectivity index (χ2n) is 5.14. The first kappa shape index (κ1) is 16.3. The Morgan fingerprint density at radius 3 is 2.74 bits per heavy atom. The van der Waals surface area contributed by atoms with Crippen LogP contribution in [0, 0.1) is 5.92 Å². The molecule has 0 aliphatic rings. The van der Waals surface area contributed by atoms with Gasteiger partial charge in [0.2, 0.25) is 0 Å². The molecule has 1 aromatic carbocycles. The zero-order valence-electron chi connectivity index (χ0n) is 11.7. The fraction of sp³-hybridized carbons (Fsp3) is 0.600. The predicted octanol–water partition coefficient (Wildman–Crippen LogP) is 3.11. The summed E-state index contributed by atoms with van der Waals surface area (Å²) in [5.41, 5.74) is 0. The quantitative estimate of drug-likeness (QED) is 0.685. The molecule has 0 aliphatic heterocycles. The Morgan fingerprint density at radius 1 is 1.32 bits per heavy atom. The summed E-state index contributed by atoms with van der Waals surface area (Å²) in [7, 11) is 0. The zero-order chi connectivity index (χ0) is 14.1. The lowest BCUT2D eigenvalue weighted by molar-refractivity contribution is 0.106. The number of ether oxygens (including phenoxy) is 1. The van der Waals surface area contributed by atoms with Crippen LogP contribution in [-0.4, -0.2) is 30.9 Å². The summed E-state index contributed by atoms with van der Waals surface area (Å²) in [5.74, 6) is 1.35. The maximum atomic E-state index is 9.78. The maximum Gasteiger partial charge on any atom is 0.138 e. The normalized spacial score (nSPS) is 12.7. The molecule has 0 radical (unpaired) electrons. The van der Waals surface area contributed by atoms with Gasteiger partial charge in [-0.05, 0) is 37.4 Å². The number of nitrogens with one attached hydrogen (secondary N) is 1. The number of halogens is 1. The number of rotatable bonds is 9. The van der Waals surface area contributed by atoms with Gasteiger partial charge in [0, 0.05) is 6.54 Å². The molecular weight excluding hydrogens is 262 g/mol. The average molecular weight is 286 g/mol. The van der Waals surface area contributed by atoms with Crippen molar-refractivity contribution in [2.24, 2.45) is 5.92 Å². The molecule has 0 aliphatic carbocycles. The van der Waals surface area contributed by atoms with Crippen LogP contribution in [0.5, 0.6) is 5.75 Å². The van der Waals surface area contributed by atoms with E-state index in [9.17, 15) is 5.11 Å². The van der Waals surface area contributed by atoms with Gasteiger partial charge < -0.3 is 15.2 Å². The van der Waals surface area contributed by atoms with Crippen LogP contribution in [0.2, 0.25) is 5.02 Å². The highest BCUT2D eigenvalue weighted by Gasteiger charge is 2.06. The Balaban J connectivity index is 2.11. The molecule has 108 valence electrons. The molecule has 1 unspecified atom stereocenters. The van der Waals surface area contributed by atoms with E-state index in [1.165, 1.54) is 6.42 Å². The number of aliphatic hydroxyl groups excluding tert-OH is 1. The smallest absolute Gasteiger partial charge is 0.138 e. The molecule has 1 aromatic rings. The molecule has 19 heavy (non-hydrogen) atoms. The Morgan fingerprint density at radius 2 is 2.05 bits per heavy atom. The van der Waals surface area contributed by atoms with Gasteiger partial charge >= 0.3 is 0 Å². The SMILES string of the molecule is CC(C)CCCNCC(O)COc1ccccc1Cl. The first-order valence-corrected chi connectivity index (χ1v) is 7.23. The van der Waals surface area contributed by atoms with E-state index in [2.05, 4.69) is 19.2 Å². The van der Waals surface area contributed by atoms with Gasteiger partial charge in [0.25, 0.3) is 0 Å². The van der Waals surface area contributed by atoms with E-state index < -0.39 is 6.10 Å². The number of para-hydroxylation sites is 1. The van der Waals surface area contributed by atoms with Gasteiger partial charge in [0.15, 0.2) is 0 Å². The lowest BCUT2D eigenvalue weighted by atomic mass is 10.1. The van der Waals surface area contributed by atoms with E-state index >= 15 is 0 Å². The van der Waals surface area contributed by atoms with E-state index in [0.29, 0.717) is 17.3 Å². The second-order valence-corrected chi connectivity index (χ2v) is 5.54. The molecule has 1 atom stereocenters. The Bertz CT molecular complexity index is 358. The van der Waals surface area contributed by atoms with Gasteiger partial charge in [0.1, 0.15) is 18.5 Å². The van der Waals surface area contributed by atoms with E-state index in [1.807, 2.05) is 12.1 Å². The van der Waals surface area contributed by atoms with Gasteiger partial charge in [-0.15, -0.1) is 0 Å². The lowest BCUT2D eigenvalue weighted by Gasteiger charge is -2.14. The summed E-state index contributed by atoms with van der Waals surface area (Å²) >= 11 is 5.96. The number of hydrogen-bond donors (Lipinski definition) is 2. The third-order valence-corrected chi connectivity index (χ3v) is 3.10. The molecule has 1 rings (SSSR count). The van der Waals surface area contributed by atoms with Crippen molar-refractivity contribution in [3.63, 3.8) is 0 Å². The van der Waals surface area contributed by atoms with Gasteiger partial charge in [0.05, 0.1) is 5.02 Å². The van der Waals surface area contributed by atoms with Crippen LogP contribution >= 0.6 is 11.6 Å². The highest BCUT2D eigenvalue weighted by Crippen LogP contribution is 2.22. The fourth-order valence-corrected chi connectivity index (χ4v) is 1.90. The fourth-order valence-electron chi connectivity index (χ4n) is 1.71. The van der Waals surface area contributed by atoms with Crippen molar-refractivity contribution >= 4 is 11.6 Å². The summed E-state index contributed by atoms with van der Waals surface area (Å²) in [6.07, 6.45) is 1.82. The molecular formula is C15H24ClNO2. The molecule has 0 aromatic heterocycles. The van der Waals surface area contributed by atoms with Crippen LogP contribution in [0.4, 0.5) is 0 Å². The topological polar surface area (TPSA) is 41.5 Å². The first-order valence-electron chi connectivity index (χ1n) is 6.85.